The smallest absolute Gasteiger partial charge is 0.324 e. The minimum absolute atomic E-state index is 0.00336. The van der Waals surface area contributed by atoms with Crippen LogP contribution in [0.1, 0.15) is 24.0 Å². The molecule has 0 spiro atoms. The maximum Gasteiger partial charge on any atom is 0.324 e. The van der Waals surface area contributed by atoms with Crippen LogP contribution in [-0.2, 0) is 24.3 Å². The second-order valence-electron chi connectivity index (χ2n) is 7.73. The molecule has 0 radical (unpaired) electrons. The fraction of sp³-hybridized carbons (Fsp3) is 0.304. The van der Waals surface area contributed by atoms with Gasteiger partial charge in [0.05, 0.1) is 12.0 Å². The largest absolute Gasteiger partial charge is 0.468 e. The summed E-state index contributed by atoms with van der Waals surface area (Å²) >= 11 is 0. The van der Waals surface area contributed by atoms with Gasteiger partial charge in [0.25, 0.3) is 0 Å². The first-order valence-corrected chi connectivity index (χ1v) is 11.2. The van der Waals surface area contributed by atoms with E-state index in [1.54, 1.807) is 12.1 Å². The molecule has 30 heavy (non-hydrogen) atoms. The van der Waals surface area contributed by atoms with E-state index in [4.69, 9.17) is 4.74 Å². The summed E-state index contributed by atoms with van der Waals surface area (Å²) < 4.78 is 33.0. The summed E-state index contributed by atoms with van der Waals surface area (Å²) in [5, 5.41) is 0. The number of fused-ring (bicyclic) bond motifs is 1. The first kappa shape index (κ1) is 20.5. The lowest BCUT2D eigenvalue weighted by molar-refractivity contribution is -0.146. The number of hydrogen-bond acceptors (Lipinski definition) is 5. The Morgan fingerprint density at radius 1 is 1.07 bits per heavy atom. The van der Waals surface area contributed by atoms with Crippen LogP contribution in [0, 0.1) is 12.8 Å². The van der Waals surface area contributed by atoms with Gasteiger partial charge in [-0.3, -0.25) is 9.59 Å². The number of ketones is 1. The van der Waals surface area contributed by atoms with Gasteiger partial charge in [0.15, 0.2) is 5.78 Å². The number of piperidine rings is 1. The normalized spacial score (nSPS) is 22.1. The van der Waals surface area contributed by atoms with Crippen molar-refractivity contribution in [2.24, 2.45) is 5.92 Å². The number of methoxy groups -OCH3 is 1. The summed E-state index contributed by atoms with van der Waals surface area (Å²) in [5.41, 5.74) is 3.08. The van der Waals surface area contributed by atoms with Crippen LogP contribution in [0.5, 0.6) is 0 Å². The van der Waals surface area contributed by atoms with Crippen LogP contribution in [0.25, 0.3) is 5.57 Å². The lowest BCUT2D eigenvalue weighted by Gasteiger charge is -2.37. The summed E-state index contributed by atoms with van der Waals surface area (Å²) in [7, 11) is -2.71. The molecule has 0 bridgehead atoms. The maximum absolute atomic E-state index is 13.5. The van der Waals surface area contributed by atoms with Crippen molar-refractivity contribution in [3.63, 3.8) is 0 Å². The van der Waals surface area contributed by atoms with E-state index in [2.05, 4.69) is 0 Å². The summed E-state index contributed by atoms with van der Waals surface area (Å²) in [6.07, 6.45) is 0.515. The molecule has 6 nitrogen and oxygen atoms in total. The number of aryl methyl sites for hydroxylation is 1. The Kier molecular flexibility index (Phi) is 5.34. The average Bonchev–Trinajstić information content (AvgIpc) is 3.08. The van der Waals surface area contributed by atoms with Crippen molar-refractivity contribution >= 4 is 27.3 Å². The van der Waals surface area contributed by atoms with E-state index in [-0.39, 0.29) is 36.0 Å². The van der Waals surface area contributed by atoms with Gasteiger partial charge in [0, 0.05) is 18.5 Å². The zero-order valence-corrected chi connectivity index (χ0v) is 17.7. The molecule has 7 heteroatoms. The SMILES string of the molecule is COC(=O)[C@@H]1C[C@H]2CC(=O)C(c3ccccc3)=C2CN1S(=O)(=O)c1ccc(C)cc1. The molecule has 0 saturated carbocycles. The van der Waals surface area contributed by atoms with Crippen molar-refractivity contribution in [1.29, 1.82) is 0 Å². The number of hydrogen-bond donors (Lipinski definition) is 0. The van der Waals surface area contributed by atoms with E-state index >= 15 is 0 Å². The molecule has 1 aliphatic heterocycles. The number of nitrogens with zero attached hydrogens (tertiary/aromatic N) is 1. The highest BCUT2D eigenvalue weighted by atomic mass is 32.2. The van der Waals surface area contributed by atoms with Gasteiger partial charge in [-0.2, -0.15) is 4.31 Å². The first-order chi connectivity index (χ1) is 14.3. The number of benzene rings is 2. The van der Waals surface area contributed by atoms with Crippen molar-refractivity contribution < 1.29 is 22.7 Å². The molecule has 0 amide bonds. The highest BCUT2D eigenvalue weighted by Crippen LogP contribution is 2.43. The third-order valence-corrected chi connectivity index (χ3v) is 7.74. The molecule has 4 rings (SSSR count). The van der Waals surface area contributed by atoms with Crippen LogP contribution < -0.4 is 0 Å². The van der Waals surface area contributed by atoms with E-state index < -0.39 is 22.0 Å². The summed E-state index contributed by atoms with van der Waals surface area (Å²) in [5.74, 6) is -0.786. The van der Waals surface area contributed by atoms with Crippen LogP contribution in [-0.4, -0.2) is 44.2 Å². The standard InChI is InChI=1S/C23H23NO5S/c1-15-8-10-18(11-9-15)30(27,28)24-14-19-17(12-20(24)23(26)29-2)13-21(25)22(19)16-6-4-3-5-7-16/h3-11,17,20H,12-14H2,1-2H3/t17-,20-/m0/s1. The van der Waals surface area contributed by atoms with Crippen LogP contribution in [0.15, 0.2) is 65.1 Å². The number of ether oxygens (including phenoxy) is 1. The van der Waals surface area contributed by atoms with Crippen LogP contribution in [0.4, 0.5) is 0 Å². The van der Waals surface area contributed by atoms with Crippen LogP contribution >= 0.6 is 0 Å². The number of carbonyl (C=O) groups excluding carboxylic acids is 2. The molecule has 0 N–H and O–H groups in total. The van der Waals surface area contributed by atoms with Gasteiger partial charge in [0.1, 0.15) is 6.04 Å². The Morgan fingerprint density at radius 3 is 2.37 bits per heavy atom. The van der Waals surface area contributed by atoms with Gasteiger partial charge in [0.2, 0.25) is 10.0 Å². The van der Waals surface area contributed by atoms with Gasteiger partial charge in [-0.1, -0.05) is 48.0 Å². The van der Waals surface area contributed by atoms with E-state index in [1.807, 2.05) is 37.3 Å². The zero-order chi connectivity index (χ0) is 21.5. The fourth-order valence-corrected chi connectivity index (χ4v) is 5.90. The molecule has 0 unspecified atom stereocenters. The minimum atomic E-state index is -3.96. The van der Waals surface area contributed by atoms with Crippen LogP contribution in [0.2, 0.25) is 0 Å². The Balaban J connectivity index is 1.81. The van der Waals surface area contributed by atoms with E-state index in [1.165, 1.54) is 23.5 Å². The second kappa shape index (κ2) is 7.81. The zero-order valence-electron chi connectivity index (χ0n) is 16.9. The molecule has 2 aromatic rings. The van der Waals surface area contributed by atoms with Crippen molar-refractivity contribution in [2.45, 2.75) is 30.7 Å². The Labute approximate surface area is 176 Å². The topological polar surface area (TPSA) is 80.8 Å². The van der Waals surface area contributed by atoms with Gasteiger partial charge < -0.3 is 4.74 Å². The predicted octanol–water partition coefficient (Wildman–Crippen LogP) is 2.97. The lowest BCUT2D eigenvalue weighted by atomic mass is 9.88. The molecule has 2 atom stereocenters. The third kappa shape index (κ3) is 3.48. The number of rotatable bonds is 4. The van der Waals surface area contributed by atoms with Crippen LogP contribution in [0.3, 0.4) is 0 Å². The third-order valence-electron chi connectivity index (χ3n) is 5.87. The van der Waals surface area contributed by atoms with Gasteiger partial charge in [-0.25, -0.2) is 8.42 Å². The molecular formula is C23H23NO5S. The molecule has 1 aliphatic carbocycles. The molecule has 0 aromatic heterocycles. The fourth-order valence-electron chi connectivity index (χ4n) is 4.33. The second-order valence-corrected chi connectivity index (χ2v) is 9.62. The highest BCUT2D eigenvalue weighted by molar-refractivity contribution is 7.89. The number of Topliss-reactive ketones (excluding diaryl/α,β-unsaturated/α-hetero) is 1. The maximum atomic E-state index is 13.5. The van der Waals surface area contributed by atoms with Crippen molar-refractivity contribution in [1.82, 2.24) is 4.31 Å². The number of carbonyl (C=O) groups is 2. The average molecular weight is 426 g/mol. The Hall–Kier alpha value is -2.77. The van der Waals surface area contributed by atoms with Crippen molar-refractivity contribution in [3.8, 4) is 0 Å². The molecule has 1 saturated heterocycles. The predicted molar refractivity (Wildman–Crippen MR) is 112 cm³/mol. The Bertz CT molecular complexity index is 1120. The molecule has 1 fully saturated rings. The van der Waals surface area contributed by atoms with E-state index in [0.717, 1.165) is 16.7 Å². The first-order valence-electron chi connectivity index (χ1n) is 9.81. The monoisotopic (exact) mass is 425 g/mol. The van der Waals surface area contributed by atoms with Crippen molar-refractivity contribution in [2.75, 3.05) is 13.7 Å². The molecule has 2 aliphatic rings. The summed E-state index contributed by atoms with van der Waals surface area (Å²) in [6, 6.07) is 14.8. The summed E-state index contributed by atoms with van der Waals surface area (Å²) in [6.45, 7) is 1.87. The van der Waals surface area contributed by atoms with Gasteiger partial charge >= 0.3 is 5.97 Å². The van der Waals surface area contributed by atoms with Crippen molar-refractivity contribution in [3.05, 3.63) is 71.3 Å². The number of esters is 1. The number of sulfonamides is 1. The van der Waals surface area contributed by atoms with E-state index in [9.17, 15) is 18.0 Å². The number of allylic oxidation sites excluding steroid dienone is 1. The highest BCUT2D eigenvalue weighted by Gasteiger charge is 2.47. The minimum Gasteiger partial charge on any atom is -0.468 e. The quantitative estimate of drug-likeness (QED) is 0.704. The molecule has 1 heterocycles. The molecule has 156 valence electrons. The van der Waals surface area contributed by atoms with Gasteiger partial charge in [-0.15, -0.1) is 0 Å². The molecule has 2 aromatic carbocycles. The summed E-state index contributed by atoms with van der Waals surface area (Å²) in [4.78, 5) is 25.4. The Morgan fingerprint density at radius 2 is 1.73 bits per heavy atom. The van der Waals surface area contributed by atoms with Gasteiger partial charge in [-0.05, 0) is 42.5 Å². The lowest BCUT2D eigenvalue weighted by Crippen LogP contribution is -2.50. The molecular weight excluding hydrogens is 402 g/mol. The van der Waals surface area contributed by atoms with E-state index in [0.29, 0.717) is 5.57 Å².